The van der Waals surface area contributed by atoms with Gasteiger partial charge in [-0.2, -0.15) is 0 Å². The van der Waals surface area contributed by atoms with E-state index in [9.17, 15) is 4.79 Å². The summed E-state index contributed by atoms with van der Waals surface area (Å²) in [6.07, 6.45) is 7.61. The number of hydrogen-bond acceptors (Lipinski definition) is 2. The fraction of sp³-hybridized carbons (Fsp3) is 0.909. The Morgan fingerprint density at radius 3 is 2.79 bits per heavy atom. The van der Waals surface area contributed by atoms with Crippen LogP contribution in [0.15, 0.2) is 0 Å². The summed E-state index contributed by atoms with van der Waals surface area (Å²) in [4.78, 5) is 10.7. The van der Waals surface area contributed by atoms with Crippen molar-refractivity contribution in [3.05, 3.63) is 0 Å². The number of rotatable bonds is 2. The molecule has 2 rings (SSSR count). The first kappa shape index (κ1) is 9.97. The van der Waals surface area contributed by atoms with Gasteiger partial charge in [-0.3, -0.25) is 4.79 Å². The summed E-state index contributed by atoms with van der Waals surface area (Å²) < 4.78 is 0. The van der Waals surface area contributed by atoms with Gasteiger partial charge in [0.1, 0.15) is 0 Å². The molecule has 14 heavy (non-hydrogen) atoms. The Labute approximate surface area is 84.9 Å². The van der Waals surface area contributed by atoms with Gasteiger partial charge in [-0.1, -0.05) is 12.8 Å². The molecule has 1 heterocycles. The lowest BCUT2D eigenvalue weighted by Crippen LogP contribution is -2.49. The molecule has 2 fully saturated rings. The number of carboxylic acid groups (broad SMARTS) is 1. The molecule has 1 aliphatic heterocycles. The second-order valence-corrected chi connectivity index (χ2v) is 4.87. The number of piperidine rings is 1. The van der Waals surface area contributed by atoms with Crippen LogP contribution in [-0.2, 0) is 4.79 Å². The highest BCUT2D eigenvalue weighted by Crippen LogP contribution is 2.39. The third kappa shape index (κ3) is 2.08. The molecular weight excluding hydrogens is 178 g/mol. The van der Waals surface area contributed by atoms with Gasteiger partial charge in [-0.25, -0.2) is 0 Å². The highest BCUT2D eigenvalue weighted by Gasteiger charge is 2.38. The lowest BCUT2D eigenvalue weighted by atomic mass is 9.79. The van der Waals surface area contributed by atoms with Crippen LogP contribution in [0.3, 0.4) is 0 Å². The van der Waals surface area contributed by atoms with Crippen molar-refractivity contribution < 1.29 is 9.90 Å². The van der Waals surface area contributed by atoms with Crippen molar-refractivity contribution in [2.45, 2.75) is 50.5 Å². The molecule has 3 nitrogen and oxygen atoms in total. The van der Waals surface area contributed by atoms with E-state index >= 15 is 0 Å². The largest absolute Gasteiger partial charge is 0.481 e. The minimum atomic E-state index is -0.634. The van der Waals surface area contributed by atoms with Crippen LogP contribution < -0.4 is 5.32 Å². The summed E-state index contributed by atoms with van der Waals surface area (Å²) in [6.45, 7) is 1.01. The van der Waals surface area contributed by atoms with Crippen molar-refractivity contribution in [2.75, 3.05) is 6.54 Å². The van der Waals surface area contributed by atoms with Crippen molar-refractivity contribution in [3.8, 4) is 0 Å². The molecule has 0 aromatic rings. The predicted molar refractivity (Wildman–Crippen MR) is 54.2 cm³/mol. The third-order valence-corrected chi connectivity index (χ3v) is 3.76. The van der Waals surface area contributed by atoms with E-state index in [2.05, 4.69) is 5.32 Å². The molecule has 1 spiro atoms. The smallest absolute Gasteiger partial charge is 0.303 e. The Hall–Kier alpha value is -0.570. The number of carboxylic acids is 1. The monoisotopic (exact) mass is 197 g/mol. The second-order valence-electron chi connectivity index (χ2n) is 4.87. The van der Waals surface area contributed by atoms with E-state index in [0.29, 0.717) is 17.9 Å². The average molecular weight is 197 g/mol. The van der Waals surface area contributed by atoms with E-state index < -0.39 is 5.97 Å². The maximum Gasteiger partial charge on any atom is 0.303 e. The van der Waals surface area contributed by atoms with Gasteiger partial charge < -0.3 is 10.4 Å². The zero-order valence-corrected chi connectivity index (χ0v) is 8.59. The molecule has 0 radical (unpaired) electrons. The van der Waals surface area contributed by atoms with Gasteiger partial charge in [0.25, 0.3) is 0 Å². The Morgan fingerprint density at radius 1 is 1.43 bits per heavy atom. The molecule has 1 atom stereocenters. The summed E-state index contributed by atoms with van der Waals surface area (Å²) in [5.74, 6) is -0.225. The van der Waals surface area contributed by atoms with Gasteiger partial charge in [0.05, 0.1) is 0 Å². The van der Waals surface area contributed by atoms with E-state index in [1.165, 1.54) is 25.7 Å². The third-order valence-electron chi connectivity index (χ3n) is 3.76. The summed E-state index contributed by atoms with van der Waals surface area (Å²) in [7, 11) is 0. The Morgan fingerprint density at radius 2 is 2.14 bits per heavy atom. The molecule has 2 N–H and O–H groups in total. The van der Waals surface area contributed by atoms with Crippen LogP contribution in [0.1, 0.15) is 44.9 Å². The molecule has 0 amide bonds. The van der Waals surface area contributed by atoms with E-state index in [1.807, 2.05) is 0 Å². The van der Waals surface area contributed by atoms with E-state index in [4.69, 9.17) is 5.11 Å². The molecular formula is C11H19NO2. The minimum Gasteiger partial charge on any atom is -0.481 e. The van der Waals surface area contributed by atoms with Crippen molar-refractivity contribution in [3.63, 3.8) is 0 Å². The van der Waals surface area contributed by atoms with Crippen molar-refractivity contribution in [1.29, 1.82) is 0 Å². The first-order chi connectivity index (χ1) is 6.70. The van der Waals surface area contributed by atoms with Crippen molar-refractivity contribution >= 4 is 5.97 Å². The maximum atomic E-state index is 10.7. The van der Waals surface area contributed by atoms with Crippen LogP contribution in [0.5, 0.6) is 0 Å². The maximum absolute atomic E-state index is 10.7. The van der Waals surface area contributed by atoms with Crippen LogP contribution in [0.2, 0.25) is 0 Å². The van der Waals surface area contributed by atoms with E-state index in [1.54, 1.807) is 0 Å². The average Bonchev–Trinajstić information content (AvgIpc) is 2.52. The van der Waals surface area contributed by atoms with Crippen molar-refractivity contribution in [2.24, 2.45) is 5.92 Å². The normalized spacial score (nSPS) is 30.7. The predicted octanol–water partition coefficient (Wildman–Crippen LogP) is 1.77. The van der Waals surface area contributed by atoms with Gasteiger partial charge in [0, 0.05) is 12.0 Å². The fourth-order valence-corrected chi connectivity index (χ4v) is 3.12. The molecule has 1 unspecified atom stereocenters. The number of carbonyl (C=O) groups is 1. The molecule has 1 saturated heterocycles. The number of hydrogen-bond donors (Lipinski definition) is 2. The Balaban J connectivity index is 1.93. The quantitative estimate of drug-likeness (QED) is 0.709. The molecule has 0 bridgehead atoms. The van der Waals surface area contributed by atoms with Gasteiger partial charge in [-0.05, 0) is 38.1 Å². The molecule has 1 saturated carbocycles. The lowest BCUT2D eigenvalue weighted by molar-refractivity contribution is -0.138. The van der Waals surface area contributed by atoms with Crippen LogP contribution in [0.4, 0.5) is 0 Å². The van der Waals surface area contributed by atoms with Crippen LogP contribution in [0, 0.1) is 5.92 Å². The Bertz CT molecular complexity index is 221. The summed E-state index contributed by atoms with van der Waals surface area (Å²) in [5.41, 5.74) is 0.318. The number of aliphatic carboxylic acids is 1. The summed E-state index contributed by atoms with van der Waals surface area (Å²) in [5, 5.41) is 12.4. The van der Waals surface area contributed by atoms with E-state index in [-0.39, 0.29) is 0 Å². The molecule has 0 aromatic heterocycles. The second kappa shape index (κ2) is 3.89. The first-order valence-electron chi connectivity index (χ1n) is 5.67. The van der Waals surface area contributed by atoms with Crippen molar-refractivity contribution in [1.82, 2.24) is 5.32 Å². The number of nitrogens with one attached hydrogen (secondary N) is 1. The fourth-order valence-electron chi connectivity index (χ4n) is 3.12. The summed E-state index contributed by atoms with van der Waals surface area (Å²) in [6, 6.07) is 0. The lowest BCUT2D eigenvalue weighted by Gasteiger charge is -2.39. The first-order valence-corrected chi connectivity index (χ1v) is 5.67. The topological polar surface area (TPSA) is 49.3 Å². The highest BCUT2D eigenvalue weighted by molar-refractivity contribution is 5.67. The molecule has 1 aliphatic carbocycles. The van der Waals surface area contributed by atoms with Gasteiger partial charge in [-0.15, -0.1) is 0 Å². The molecule has 80 valence electrons. The van der Waals surface area contributed by atoms with Gasteiger partial charge >= 0.3 is 5.97 Å². The molecule has 3 heteroatoms. The SMILES string of the molecule is O=C(O)CC1CCNC2(CCCC2)C1. The molecule has 0 aromatic carbocycles. The van der Waals surface area contributed by atoms with E-state index in [0.717, 1.165) is 19.4 Å². The minimum absolute atomic E-state index is 0.318. The van der Waals surface area contributed by atoms with Crippen LogP contribution in [-0.4, -0.2) is 23.2 Å². The zero-order chi connectivity index (χ0) is 10.0. The summed E-state index contributed by atoms with van der Waals surface area (Å²) >= 11 is 0. The zero-order valence-electron chi connectivity index (χ0n) is 8.59. The Kier molecular flexibility index (Phi) is 2.77. The van der Waals surface area contributed by atoms with Gasteiger partial charge in [0.2, 0.25) is 0 Å². The van der Waals surface area contributed by atoms with Crippen LogP contribution >= 0.6 is 0 Å². The van der Waals surface area contributed by atoms with Gasteiger partial charge in [0.15, 0.2) is 0 Å². The molecule has 2 aliphatic rings. The highest BCUT2D eigenvalue weighted by atomic mass is 16.4. The standard InChI is InChI=1S/C11H19NO2/c13-10(14)7-9-3-6-12-11(8-9)4-1-2-5-11/h9,12H,1-8H2,(H,13,14). The van der Waals surface area contributed by atoms with Crippen LogP contribution in [0.25, 0.3) is 0 Å².